The standard InChI is InChI=1S/C27H25N2OP/c1-29(2)20-21-13-14-22(17-21)23-15-16-24(19-28)27(18-23)31(30,25-9-5-3-6-10-25)26-11-7-4-8-12-26/h3-18,28H,20H2,1-2H3/b23-22-. The maximum absolute atomic E-state index is 14.8. The number of hydrogen-bond acceptors (Lipinski definition) is 3. The molecule has 0 amide bonds. The van der Waals surface area contributed by atoms with Crippen LogP contribution in [0.1, 0.15) is 0 Å². The summed E-state index contributed by atoms with van der Waals surface area (Å²) in [5, 5.41) is 11.6. The Balaban J connectivity index is 2.00. The first kappa shape index (κ1) is 21.0. The van der Waals surface area contributed by atoms with Crippen LogP contribution in [0.25, 0.3) is 5.57 Å². The lowest BCUT2D eigenvalue weighted by Gasteiger charge is -2.20. The molecule has 0 aliphatic heterocycles. The van der Waals surface area contributed by atoms with Crippen molar-refractivity contribution in [2.75, 3.05) is 20.6 Å². The van der Waals surface area contributed by atoms with Crippen LogP contribution in [0.2, 0.25) is 0 Å². The van der Waals surface area contributed by atoms with Gasteiger partial charge in [-0.25, -0.2) is 0 Å². The molecule has 0 saturated carbocycles. The maximum Gasteiger partial charge on any atom is 0.172 e. The van der Waals surface area contributed by atoms with Crippen LogP contribution in [0.15, 0.2) is 103 Å². The largest absolute Gasteiger partial charge is 0.309 e. The molecule has 4 heteroatoms. The predicted molar refractivity (Wildman–Crippen MR) is 131 cm³/mol. The number of nitrogens with one attached hydrogen (secondary N) is 1. The second kappa shape index (κ2) is 8.88. The molecule has 0 unspecified atom stereocenters. The summed E-state index contributed by atoms with van der Waals surface area (Å²) in [6, 6.07) is 24.9. The van der Waals surface area contributed by atoms with Gasteiger partial charge in [0.05, 0.1) is 0 Å². The summed E-state index contributed by atoms with van der Waals surface area (Å²) in [7, 11) is 0.918. The number of hydrogen-bond donors (Lipinski definition) is 1. The zero-order chi connectivity index (χ0) is 21.8. The van der Waals surface area contributed by atoms with Crippen LogP contribution in [0.3, 0.4) is 0 Å². The van der Waals surface area contributed by atoms with Gasteiger partial charge in [0.2, 0.25) is 0 Å². The minimum atomic E-state index is -3.18. The summed E-state index contributed by atoms with van der Waals surface area (Å²) in [5.41, 5.74) is 2.32. The Labute approximate surface area is 183 Å². The second-order valence-electron chi connectivity index (χ2n) is 7.88. The van der Waals surface area contributed by atoms with E-state index < -0.39 is 7.14 Å². The lowest BCUT2D eigenvalue weighted by atomic mass is 10.1. The van der Waals surface area contributed by atoms with Crippen LogP contribution in [-0.2, 0) is 4.57 Å². The van der Waals surface area contributed by atoms with Gasteiger partial charge in [0.1, 0.15) is 0 Å². The molecule has 4 rings (SSSR count). The third kappa shape index (κ3) is 4.17. The van der Waals surface area contributed by atoms with Gasteiger partial charge in [-0.15, -0.1) is 0 Å². The van der Waals surface area contributed by atoms with Crippen molar-refractivity contribution in [1.29, 1.82) is 5.41 Å². The molecule has 0 fully saturated rings. The molecule has 0 heterocycles. The van der Waals surface area contributed by atoms with Crippen molar-refractivity contribution in [3.8, 4) is 0 Å². The van der Waals surface area contributed by atoms with Crippen LogP contribution in [0.5, 0.6) is 0 Å². The molecule has 0 bridgehead atoms. The molecule has 1 N–H and O–H groups in total. The molecule has 154 valence electrons. The first-order valence-electron chi connectivity index (χ1n) is 10.2. The number of likely N-dealkylation sites (N-methyl/N-ethyl adjacent to an activating group) is 1. The number of benzene rings is 3. The summed E-state index contributed by atoms with van der Waals surface area (Å²) in [5.74, 6) is 2.52. The SMILES string of the molecule is CN(C)CC1=C/C(=c2/ccc(=C=N)c(P(=O)(c3ccccc3)c3ccccc3)c2)C=C1. The Hall–Kier alpha value is -3.22. The van der Waals surface area contributed by atoms with E-state index in [0.717, 1.165) is 27.9 Å². The number of nitrogens with zero attached hydrogens (tertiary/aromatic N) is 1. The summed E-state index contributed by atoms with van der Waals surface area (Å²) in [6.45, 7) is 0.867. The van der Waals surface area contributed by atoms with E-state index in [1.54, 1.807) is 0 Å². The van der Waals surface area contributed by atoms with Crippen molar-refractivity contribution in [3.05, 3.63) is 113 Å². The fourth-order valence-electron chi connectivity index (χ4n) is 3.92. The average molecular weight is 424 g/mol. The Morgan fingerprint density at radius 2 is 1.48 bits per heavy atom. The highest BCUT2D eigenvalue weighted by Crippen LogP contribution is 2.40. The zero-order valence-corrected chi connectivity index (χ0v) is 18.6. The van der Waals surface area contributed by atoms with E-state index in [-0.39, 0.29) is 0 Å². The van der Waals surface area contributed by atoms with Crippen LogP contribution in [0.4, 0.5) is 0 Å². The van der Waals surface area contributed by atoms with E-state index in [2.05, 4.69) is 43.1 Å². The second-order valence-corrected chi connectivity index (χ2v) is 10.6. The normalized spacial score (nSPS) is 15.1. The molecule has 1 aliphatic carbocycles. The summed E-state index contributed by atoms with van der Waals surface area (Å²) < 4.78 is 14.8. The predicted octanol–water partition coefficient (Wildman–Crippen LogP) is 2.45. The van der Waals surface area contributed by atoms with E-state index in [1.165, 1.54) is 5.57 Å². The molecule has 0 atom stereocenters. The number of allylic oxidation sites excluding steroid dienone is 2. The van der Waals surface area contributed by atoms with Gasteiger partial charge in [0.15, 0.2) is 7.14 Å². The van der Waals surface area contributed by atoms with Crippen molar-refractivity contribution < 1.29 is 4.57 Å². The van der Waals surface area contributed by atoms with Gasteiger partial charge in [0, 0.05) is 27.7 Å². The Morgan fingerprint density at radius 3 is 2.03 bits per heavy atom. The van der Waals surface area contributed by atoms with Crippen LogP contribution < -0.4 is 26.4 Å². The molecular formula is C27H25N2OP. The van der Waals surface area contributed by atoms with Crippen molar-refractivity contribution in [1.82, 2.24) is 4.90 Å². The fraction of sp³-hybridized carbons (Fsp3) is 0.111. The zero-order valence-electron chi connectivity index (χ0n) is 17.7. The molecule has 3 aromatic rings. The Morgan fingerprint density at radius 1 is 0.871 bits per heavy atom. The smallest absolute Gasteiger partial charge is 0.172 e. The van der Waals surface area contributed by atoms with Gasteiger partial charge in [-0.05, 0) is 54.5 Å². The molecule has 0 aromatic heterocycles. The van der Waals surface area contributed by atoms with Gasteiger partial charge < -0.3 is 9.46 Å². The van der Waals surface area contributed by atoms with E-state index in [9.17, 15) is 4.57 Å². The lowest BCUT2D eigenvalue weighted by Crippen LogP contribution is -2.37. The third-order valence-electron chi connectivity index (χ3n) is 5.36. The van der Waals surface area contributed by atoms with Gasteiger partial charge in [-0.2, -0.15) is 0 Å². The van der Waals surface area contributed by atoms with E-state index in [4.69, 9.17) is 5.41 Å². The molecule has 3 aromatic carbocycles. The molecule has 31 heavy (non-hydrogen) atoms. The first-order chi connectivity index (χ1) is 15.0. The molecule has 0 saturated heterocycles. The fourth-order valence-corrected chi connectivity index (χ4v) is 6.75. The van der Waals surface area contributed by atoms with Crippen LogP contribution in [0, 0.1) is 5.41 Å². The highest BCUT2D eigenvalue weighted by molar-refractivity contribution is 7.85. The Bertz CT molecular complexity index is 1310. The van der Waals surface area contributed by atoms with E-state index in [0.29, 0.717) is 10.5 Å². The molecule has 3 nitrogen and oxygen atoms in total. The number of rotatable bonds is 5. The minimum Gasteiger partial charge on any atom is -0.309 e. The summed E-state index contributed by atoms with van der Waals surface area (Å²) in [4.78, 5) is 2.14. The van der Waals surface area contributed by atoms with Crippen molar-refractivity contribution in [3.63, 3.8) is 0 Å². The first-order valence-corrected chi connectivity index (χ1v) is 11.9. The van der Waals surface area contributed by atoms with Gasteiger partial charge in [0.25, 0.3) is 0 Å². The van der Waals surface area contributed by atoms with Crippen molar-refractivity contribution in [2.45, 2.75) is 0 Å². The topological polar surface area (TPSA) is 44.2 Å². The summed E-state index contributed by atoms with van der Waals surface area (Å²) >= 11 is 0. The van der Waals surface area contributed by atoms with Crippen molar-refractivity contribution in [2.24, 2.45) is 0 Å². The average Bonchev–Trinajstić information content (AvgIpc) is 3.27. The third-order valence-corrected chi connectivity index (χ3v) is 8.46. The highest BCUT2D eigenvalue weighted by atomic mass is 31.2. The maximum atomic E-state index is 14.8. The van der Waals surface area contributed by atoms with E-state index >= 15 is 0 Å². The molecule has 0 radical (unpaired) electrons. The van der Waals surface area contributed by atoms with Gasteiger partial charge in [-0.1, -0.05) is 78.9 Å². The van der Waals surface area contributed by atoms with E-state index in [1.807, 2.05) is 78.9 Å². The quantitative estimate of drug-likeness (QED) is 0.505. The molecule has 0 spiro atoms. The van der Waals surface area contributed by atoms with Crippen LogP contribution >= 0.6 is 7.14 Å². The lowest BCUT2D eigenvalue weighted by molar-refractivity contribution is 0.449. The minimum absolute atomic E-state index is 0.555. The monoisotopic (exact) mass is 424 g/mol. The highest BCUT2D eigenvalue weighted by Gasteiger charge is 2.30. The van der Waals surface area contributed by atoms with Gasteiger partial charge >= 0.3 is 0 Å². The molecular weight excluding hydrogens is 399 g/mol. The van der Waals surface area contributed by atoms with Crippen LogP contribution in [-0.4, -0.2) is 31.4 Å². The Kier molecular flexibility index (Phi) is 6.02. The molecule has 1 aliphatic rings. The summed E-state index contributed by atoms with van der Waals surface area (Å²) in [6.07, 6.45) is 6.39. The van der Waals surface area contributed by atoms with Gasteiger partial charge in [-0.3, -0.25) is 5.41 Å². The van der Waals surface area contributed by atoms with Crippen molar-refractivity contribution >= 4 is 34.5 Å².